The van der Waals surface area contributed by atoms with Crippen molar-refractivity contribution >= 4 is 26.0 Å². The molecule has 0 fully saturated rings. The van der Waals surface area contributed by atoms with E-state index in [1.807, 2.05) is 18.2 Å². The van der Waals surface area contributed by atoms with Crippen molar-refractivity contribution in [1.82, 2.24) is 0 Å². The van der Waals surface area contributed by atoms with Crippen LogP contribution >= 0.6 is 0 Å². The molecule has 0 saturated carbocycles. The number of carbonyl (C=O) groups is 1. The van der Waals surface area contributed by atoms with Crippen LogP contribution in [0.1, 0.15) is 17.3 Å². The average molecular weight is 224 g/mol. The van der Waals surface area contributed by atoms with Crippen molar-refractivity contribution in [3.8, 4) is 0 Å². The molecule has 1 aromatic rings. The van der Waals surface area contributed by atoms with Gasteiger partial charge in [-0.2, -0.15) is 0 Å². The molecule has 0 aliphatic rings. The van der Waals surface area contributed by atoms with Gasteiger partial charge in [0.25, 0.3) is 0 Å². The Hall–Kier alpha value is -0.752. The normalized spacial score (nSPS) is 10.8. The van der Waals surface area contributed by atoms with E-state index in [1.165, 1.54) is 0 Å². The Bertz CT molecular complexity index is 286. The summed E-state index contributed by atoms with van der Waals surface area (Å²) >= 11 is 0.113. The number of amides is 1. The van der Waals surface area contributed by atoms with Crippen LogP contribution in [0.4, 0.5) is 0 Å². The van der Waals surface area contributed by atoms with Crippen LogP contribution in [0.25, 0.3) is 0 Å². The molecule has 1 rings (SSSR count). The fraction of sp³-hybridized carbons (Fsp3) is 0.222. The zero-order chi connectivity index (χ0) is 8.97. The fourth-order valence-electron chi connectivity index (χ4n) is 0.990. The Morgan fingerprint density at radius 2 is 2.17 bits per heavy atom. The maximum absolute atomic E-state index is 10.9. The Balaban J connectivity index is 3.00. The van der Waals surface area contributed by atoms with Crippen LogP contribution < -0.4 is 10.1 Å². The summed E-state index contributed by atoms with van der Waals surface area (Å²) in [6.07, 6.45) is 0. The van der Waals surface area contributed by atoms with Crippen molar-refractivity contribution in [2.45, 2.75) is 12.1 Å². The van der Waals surface area contributed by atoms with Crippen LogP contribution in [0.5, 0.6) is 0 Å². The first-order valence-electron chi connectivity index (χ1n) is 3.82. The minimum absolute atomic E-state index is 0.113. The van der Waals surface area contributed by atoms with Gasteiger partial charge in [-0.05, 0) is 0 Å². The van der Waals surface area contributed by atoms with Crippen molar-refractivity contribution in [1.29, 1.82) is 0 Å². The number of hydrogen-bond acceptors (Lipinski definition) is 1. The van der Waals surface area contributed by atoms with Gasteiger partial charge in [-0.3, -0.25) is 0 Å². The van der Waals surface area contributed by atoms with E-state index in [0.717, 1.165) is 9.56 Å². The number of carbonyl (C=O) groups excluding carboxylic acids is 1. The number of primary amides is 1. The van der Waals surface area contributed by atoms with E-state index in [4.69, 9.17) is 5.73 Å². The second-order valence-corrected chi connectivity index (χ2v) is 5.36. The molecular weight excluding hydrogens is 213 g/mol. The van der Waals surface area contributed by atoms with E-state index >= 15 is 0 Å². The Morgan fingerprint density at radius 1 is 1.50 bits per heavy atom. The van der Waals surface area contributed by atoms with Crippen LogP contribution in [0.15, 0.2) is 24.3 Å². The van der Waals surface area contributed by atoms with E-state index < -0.39 is 0 Å². The van der Waals surface area contributed by atoms with Gasteiger partial charge in [-0.15, -0.1) is 0 Å². The van der Waals surface area contributed by atoms with Gasteiger partial charge in [0, 0.05) is 0 Å². The van der Waals surface area contributed by atoms with E-state index in [9.17, 15) is 4.79 Å². The molecule has 3 heteroatoms. The van der Waals surface area contributed by atoms with Gasteiger partial charge in [0.2, 0.25) is 0 Å². The molecule has 2 nitrogen and oxygen atoms in total. The quantitative estimate of drug-likeness (QED) is 0.748. The summed E-state index contributed by atoms with van der Waals surface area (Å²) in [5.74, 6) is -0.311. The Kier molecular flexibility index (Phi) is 3.36. The molecule has 0 aliphatic carbocycles. The van der Waals surface area contributed by atoms with E-state index in [2.05, 4.69) is 6.92 Å². The molecule has 1 amide bonds. The summed E-state index contributed by atoms with van der Waals surface area (Å²) in [4.78, 5) is 10.9. The van der Waals surface area contributed by atoms with Crippen LogP contribution in [0.2, 0.25) is 5.21 Å². The van der Waals surface area contributed by atoms with Crippen LogP contribution in [0.3, 0.4) is 0 Å². The second kappa shape index (κ2) is 4.32. The molecule has 63 valence electrons. The van der Waals surface area contributed by atoms with Crippen LogP contribution in [0, 0.1) is 0 Å². The molecule has 0 heterocycles. The Labute approximate surface area is 78.8 Å². The molecule has 1 radical (unpaired) electrons. The molecule has 0 aliphatic heterocycles. The predicted molar refractivity (Wildman–Crippen MR) is 50.8 cm³/mol. The fourth-order valence-corrected chi connectivity index (χ4v) is 2.85. The summed E-state index contributed by atoms with van der Waals surface area (Å²) in [6.45, 7) is 2.12. The number of rotatable bonds is 3. The number of hydrogen-bond donors (Lipinski definition) is 1. The van der Waals surface area contributed by atoms with Gasteiger partial charge in [0.15, 0.2) is 0 Å². The van der Waals surface area contributed by atoms with Crippen molar-refractivity contribution < 1.29 is 4.79 Å². The standard InChI is InChI=1S/C9H11AsNO/c1-2-10-8-6-4-3-5-7(8)9(11)12/h3-6H,2H2,1H3,(H2,11,12). The number of nitrogens with two attached hydrogens (primary N) is 1. The van der Waals surface area contributed by atoms with E-state index in [0.29, 0.717) is 5.56 Å². The second-order valence-electron chi connectivity index (χ2n) is 2.36. The summed E-state index contributed by atoms with van der Waals surface area (Å²) < 4.78 is 1.14. The molecule has 0 bridgehead atoms. The van der Waals surface area contributed by atoms with Gasteiger partial charge in [0.05, 0.1) is 0 Å². The SMILES string of the molecule is CC[As]c1ccccc1C(N)=O. The van der Waals surface area contributed by atoms with Gasteiger partial charge in [-0.25, -0.2) is 0 Å². The maximum atomic E-state index is 10.9. The first-order valence-corrected chi connectivity index (χ1v) is 6.08. The molecule has 2 N–H and O–H groups in total. The van der Waals surface area contributed by atoms with Crippen LogP contribution in [-0.2, 0) is 0 Å². The molecular formula is C9H11AsNO. The van der Waals surface area contributed by atoms with Crippen molar-refractivity contribution in [3.05, 3.63) is 29.8 Å². The van der Waals surface area contributed by atoms with Crippen molar-refractivity contribution in [3.63, 3.8) is 0 Å². The third-order valence-corrected chi connectivity index (χ3v) is 3.69. The number of benzene rings is 1. The Morgan fingerprint density at radius 3 is 2.75 bits per heavy atom. The molecule has 0 spiro atoms. The first kappa shape index (κ1) is 9.34. The zero-order valence-electron chi connectivity index (χ0n) is 6.95. The van der Waals surface area contributed by atoms with Gasteiger partial charge < -0.3 is 0 Å². The third kappa shape index (κ3) is 2.12. The first-order chi connectivity index (χ1) is 5.75. The molecule has 1 aromatic carbocycles. The van der Waals surface area contributed by atoms with Gasteiger partial charge in [-0.1, -0.05) is 0 Å². The van der Waals surface area contributed by atoms with Crippen LogP contribution in [-0.4, -0.2) is 21.7 Å². The molecule has 0 saturated heterocycles. The third-order valence-electron chi connectivity index (χ3n) is 1.50. The summed E-state index contributed by atoms with van der Waals surface area (Å²) in [6, 6.07) is 7.58. The molecule has 0 unspecified atom stereocenters. The minimum atomic E-state index is -0.311. The van der Waals surface area contributed by atoms with E-state index in [-0.39, 0.29) is 21.7 Å². The monoisotopic (exact) mass is 224 g/mol. The zero-order valence-corrected chi connectivity index (χ0v) is 8.83. The van der Waals surface area contributed by atoms with Crippen molar-refractivity contribution in [2.24, 2.45) is 5.73 Å². The topological polar surface area (TPSA) is 43.1 Å². The predicted octanol–water partition coefficient (Wildman–Crippen LogP) is 0.553. The summed E-state index contributed by atoms with van der Waals surface area (Å²) in [5, 5.41) is 1.13. The van der Waals surface area contributed by atoms with Crippen molar-refractivity contribution in [2.75, 3.05) is 0 Å². The average Bonchev–Trinajstić information content (AvgIpc) is 2.05. The van der Waals surface area contributed by atoms with Gasteiger partial charge >= 0.3 is 78.5 Å². The summed E-state index contributed by atoms with van der Waals surface area (Å²) in [5.41, 5.74) is 5.91. The summed E-state index contributed by atoms with van der Waals surface area (Å²) in [7, 11) is 0. The molecule has 0 aromatic heterocycles. The molecule has 0 atom stereocenters. The van der Waals surface area contributed by atoms with E-state index in [1.54, 1.807) is 6.07 Å². The van der Waals surface area contributed by atoms with Gasteiger partial charge in [0.1, 0.15) is 0 Å². The molecule has 12 heavy (non-hydrogen) atoms.